The van der Waals surface area contributed by atoms with Crippen LogP contribution < -0.4 is 10.6 Å². The standard InChI is InChI=1S/C15H20N2O3/c18-14(8-3-11-2-1-9-16-10-11)17-13-6-4-12(5-7-13)15(19)20/h4-7,11,16H,1-3,8-10H2,(H,17,18)(H,19,20). The second-order valence-electron chi connectivity index (χ2n) is 5.18. The fourth-order valence-electron chi connectivity index (χ4n) is 2.43. The Kier molecular flexibility index (Phi) is 5.12. The van der Waals surface area contributed by atoms with Gasteiger partial charge in [-0.3, -0.25) is 4.79 Å². The molecule has 1 saturated heterocycles. The first kappa shape index (κ1) is 14.5. The lowest BCUT2D eigenvalue weighted by molar-refractivity contribution is -0.116. The molecule has 0 saturated carbocycles. The van der Waals surface area contributed by atoms with Crippen LogP contribution in [0.1, 0.15) is 36.0 Å². The molecule has 0 spiro atoms. The molecule has 1 aliphatic rings. The van der Waals surface area contributed by atoms with Gasteiger partial charge in [0.25, 0.3) is 0 Å². The number of nitrogens with one attached hydrogen (secondary N) is 2. The largest absolute Gasteiger partial charge is 0.478 e. The van der Waals surface area contributed by atoms with E-state index in [1.165, 1.54) is 25.0 Å². The first-order valence-electron chi connectivity index (χ1n) is 6.99. The first-order valence-corrected chi connectivity index (χ1v) is 6.99. The summed E-state index contributed by atoms with van der Waals surface area (Å²) in [5, 5.41) is 14.9. The average molecular weight is 276 g/mol. The molecule has 1 fully saturated rings. The van der Waals surface area contributed by atoms with Crippen molar-refractivity contribution >= 4 is 17.6 Å². The Morgan fingerprint density at radius 1 is 1.30 bits per heavy atom. The van der Waals surface area contributed by atoms with E-state index in [1.54, 1.807) is 12.1 Å². The van der Waals surface area contributed by atoms with Crippen LogP contribution in [0.25, 0.3) is 0 Å². The van der Waals surface area contributed by atoms with E-state index in [0.29, 0.717) is 18.0 Å². The van der Waals surface area contributed by atoms with Crippen LogP contribution in [0.2, 0.25) is 0 Å². The summed E-state index contributed by atoms with van der Waals surface area (Å²) in [5.74, 6) is -0.393. The van der Waals surface area contributed by atoms with E-state index in [0.717, 1.165) is 19.5 Å². The van der Waals surface area contributed by atoms with E-state index in [1.807, 2.05) is 0 Å². The number of aromatic carboxylic acids is 1. The van der Waals surface area contributed by atoms with E-state index in [-0.39, 0.29) is 11.5 Å². The highest BCUT2D eigenvalue weighted by molar-refractivity contribution is 5.92. The van der Waals surface area contributed by atoms with Crippen molar-refractivity contribution in [3.63, 3.8) is 0 Å². The van der Waals surface area contributed by atoms with Gasteiger partial charge in [0.05, 0.1) is 5.56 Å². The Morgan fingerprint density at radius 2 is 2.05 bits per heavy atom. The maximum atomic E-state index is 11.8. The van der Waals surface area contributed by atoms with E-state index < -0.39 is 5.97 Å². The number of piperidine rings is 1. The Bertz CT molecular complexity index is 465. The number of hydrogen-bond acceptors (Lipinski definition) is 3. The number of carboxylic acid groups (broad SMARTS) is 1. The summed E-state index contributed by atoms with van der Waals surface area (Å²) < 4.78 is 0. The van der Waals surface area contributed by atoms with Crippen LogP contribution in [0.4, 0.5) is 5.69 Å². The van der Waals surface area contributed by atoms with Crippen molar-refractivity contribution in [2.45, 2.75) is 25.7 Å². The number of carboxylic acids is 1. The van der Waals surface area contributed by atoms with Crippen molar-refractivity contribution in [2.75, 3.05) is 18.4 Å². The summed E-state index contributed by atoms with van der Waals surface area (Å²) in [6.07, 6.45) is 3.77. The van der Waals surface area contributed by atoms with Gasteiger partial charge in [-0.05, 0) is 62.5 Å². The van der Waals surface area contributed by atoms with E-state index >= 15 is 0 Å². The fraction of sp³-hybridized carbons (Fsp3) is 0.467. The molecule has 3 N–H and O–H groups in total. The van der Waals surface area contributed by atoms with Gasteiger partial charge in [0.1, 0.15) is 0 Å². The number of carbonyl (C=O) groups is 2. The smallest absolute Gasteiger partial charge is 0.335 e. The van der Waals surface area contributed by atoms with Gasteiger partial charge < -0.3 is 15.7 Å². The van der Waals surface area contributed by atoms with Crippen molar-refractivity contribution in [3.8, 4) is 0 Å². The Morgan fingerprint density at radius 3 is 2.65 bits per heavy atom. The Hall–Kier alpha value is -1.88. The third-order valence-electron chi connectivity index (χ3n) is 3.59. The molecule has 1 aromatic rings. The molecule has 0 bridgehead atoms. The molecule has 2 rings (SSSR count). The molecule has 1 amide bonds. The molecule has 5 heteroatoms. The minimum atomic E-state index is -0.965. The van der Waals surface area contributed by atoms with Crippen molar-refractivity contribution in [2.24, 2.45) is 5.92 Å². The van der Waals surface area contributed by atoms with Gasteiger partial charge in [0.2, 0.25) is 5.91 Å². The van der Waals surface area contributed by atoms with Gasteiger partial charge in [0, 0.05) is 12.1 Å². The van der Waals surface area contributed by atoms with Gasteiger partial charge in [-0.25, -0.2) is 4.79 Å². The summed E-state index contributed by atoms with van der Waals surface area (Å²) in [6, 6.07) is 6.21. The quantitative estimate of drug-likeness (QED) is 0.769. The lowest BCUT2D eigenvalue weighted by atomic mass is 9.94. The maximum Gasteiger partial charge on any atom is 0.335 e. The SMILES string of the molecule is O=C(CCC1CCCNC1)Nc1ccc(C(=O)O)cc1. The summed E-state index contributed by atoms with van der Waals surface area (Å²) in [4.78, 5) is 22.5. The molecular formula is C15H20N2O3. The van der Waals surface area contributed by atoms with Crippen LogP contribution in [0.5, 0.6) is 0 Å². The fourth-order valence-corrected chi connectivity index (χ4v) is 2.43. The number of carbonyl (C=O) groups excluding carboxylic acids is 1. The number of benzene rings is 1. The number of anilines is 1. The summed E-state index contributed by atoms with van der Waals surface area (Å²) in [6.45, 7) is 2.08. The monoisotopic (exact) mass is 276 g/mol. The molecule has 1 aromatic carbocycles. The van der Waals surface area contributed by atoms with Crippen molar-refractivity contribution in [1.29, 1.82) is 0 Å². The van der Waals surface area contributed by atoms with Gasteiger partial charge in [-0.2, -0.15) is 0 Å². The predicted molar refractivity (Wildman–Crippen MR) is 76.9 cm³/mol. The van der Waals surface area contributed by atoms with Gasteiger partial charge in [0.15, 0.2) is 0 Å². The summed E-state index contributed by atoms with van der Waals surface area (Å²) >= 11 is 0. The highest BCUT2D eigenvalue weighted by Gasteiger charge is 2.14. The number of hydrogen-bond donors (Lipinski definition) is 3. The van der Waals surface area contributed by atoms with E-state index in [4.69, 9.17) is 5.11 Å². The maximum absolute atomic E-state index is 11.8. The molecule has 1 aliphatic heterocycles. The first-order chi connectivity index (χ1) is 9.65. The normalized spacial score (nSPS) is 18.5. The summed E-state index contributed by atoms with van der Waals surface area (Å²) in [7, 11) is 0. The lowest BCUT2D eigenvalue weighted by Crippen LogP contribution is -2.30. The van der Waals surface area contributed by atoms with E-state index in [9.17, 15) is 9.59 Å². The zero-order valence-electron chi connectivity index (χ0n) is 11.4. The zero-order chi connectivity index (χ0) is 14.4. The van der Waals surface area contributed by atoms with Crippen LogP contribution in [0.3, 0.4) is 0 Å². The van der Waals surface area contributed by atoms with Gasteiger partial charge in [-0.1, -0.05) is 0 Å². The minimum absolute atomic E-state index is 0.0151. The predicted octanol–water partition coefficient (Wildman–Crippen LogP) is 2.10. The van der Waals surface area contributed by atoms with Gasteiger partial charge in [-0.15, -0.1) is 0 Å². The Balaban J connectivity index is 1.77. The second-order valence-corrected chi connectivity index (χ2v) is 5.18. The molecule has 1 heterocycles. The van der Waals surface area contributed by atoms with Gasteiger partial charge >= 0.3 is 5.97 Å². The highest BCUT2D eigenvalue weighted by atomic mass is 16.4. The highest BCUT2D eigenvalue weighted by Crippen LogP contribution is 2.17. The molecule has 5 nitrogen and oxygen atoms in total. The Labute approximate surface area is 118 Å². The van der Waals surface area contributed by atoms with Crippen LogP contribution in [-0.4, -0.2) is 30.1 Å². The topological polar surface area (TPSA) is 78.4 Å². The molecule has 1 atom stereocenters. The molecule has 108 valence electrons. The lowest BCUT2D eigenvalue weighted by Gasteiger charge is -2.22. The third kappa shape index (κ3) is 4.35. The molecule has 0 aliphatic carbocycles. The zero-order valence-corrected chi connectivity index (χ0v) is 11.4. The van der Waals surface area contributed by atoms with Crippen molar-refractivity contribution in [3.05, 3.63) is 29.8 Å². The molecule has 0 aromatic heterocycles. The number of rotatable bonds is 5. The van der Waals surface area contributed by atoms with Crippen molar-refractivity contribution in [1.82, 2.24) is 5.32 Å². The molecule has 20 heavy (non-hydrogen) atoms. The molecule has 0 radical (unpaired) electrons. The average Bonchev–Trinajstić information content (AvgIpc) is 2.47. The summed E-state index contributed by atoms with van der Waals surface area (Å²) in [5.41, 5.74) is 0.859. The number of amides is 1. The van der Waals surface area contributed by atoms with Crippen LogP contribution in [0.15, 0.2) is 24.3 Å². The van der Waals surface area contributed by atoms with Crippen LogP contribution in [-0.2, 0) is 4.79 Å². The van der Waals surface area contributed by atoms with Crippen molar-refractivity contribution < 1.29 is 14.7 Å². The van der Waals surface area contributed by atoms with Crippen LogP contribution in [0, 0.1) is 5.92 Å². The molecule has 1 unspecified atom stereocenters. The third-order valence-corrected chi connectivity index (χ3v) is 3.59. The molecular weight excluding hydrogens is 256 g/mol. The minimum Gasteiger partial charge on any atom is -0.478 e. The second kappa shape index (κ2) is 7.05. The van der Waals surface area contributed by atoms with Crippen LogP contribution >= 0.6 is 0 Å². The van der Waals surface area contributed by atoms with E-state index in [2.05, 4.69) is 10.6 Å².